The van der Waals surface area contributed by atoms with Crippen LogP contribution in [0.2, 0.25) is 5.02 Å². The van der Waals surface area contributed by atoms with Crippen molar-refractivity contribution in [2.24, 2.45) is 0 Å². The number of anilines is 1. The van der Waals surface area contributed by atoms with Gasteiger partial charge in [0.15, 0.2) is 5.76 Å². The molecule has 0 radical (unpaired) electrons. The van der Waals surface area contributed by atoms with Crippen LogP contribution in [0, 0.1) is 0 Å². The molecule has 0 bridgehead atoms. The molecule has 7 nitrogen and oxygen atoms in total. The Kier molecular flexibility index (Phi) is 4.78. The second-order valence-corrected chi connectivity index (χ2v) is 8.65. The minimum absolute atomic E-state index is 0.0208. The van der Waals surface area contributed by atoms with Crippen molar-refractivity contribution in [1.82, 2.24) is 4.72 Å². The summed E-state index contributed by atoms with van der Waals surface area (Å²) in [7, 11) is -2.23. The van der Waals surface area contributed by atoms with Crippen LogP contribution >= 0.6 is 11.6 Å². The normalized spacial score (nSPS) is 14.2. The molecule has 1 heterocycles. The molecule has 0 spiro atoms. The highest BCUT2D eigenvalue weighted by molar-refractivity contribution is 7.89. The molecule has 0 atom stereocenters. The van der Waals surface area contributed by atoms with Crippen molar-refractivity contribution in [3.05, 3.63) is 53.2 Å². The fourth-order valence-corrected chi connectivity index (χ4v) is 4.26. The number of sulfonamides is 1. The Hall–Kier alpha value is -2.55. The number of nitrogens with one attached hydrogen (secondary N) is 2. The van der Waals surface area contributed by atoms with Gasteiger partial charge in [-0.3, -0.25) is 4.79 Å². The number of benzene rings is 2. The van der Waals surface area contributed by atoms with E-state index in [1.807, 2.05) is 0 Å². The maximum atomic E-state index is 12.6. The lowest BCUT2D eigenvalue weighted by Gasteiger charge is -2.12. The Morgan fingerprint density at radius 3 is 2.68 bits per heavy atom. The van der Waals surface area contributed by atoms with Gasteiger partial charge in [0.2, 0.25) is 10.0 Å². The number of hydrogen-bond donors (Lipinski definition) is 2. The standard InChI is InChI=1S/C19H17ClN2O5S/c1-26-17-7-5-14(28(24,25)22-13-3-4-13)10-15(17)21-19(23)18-9-11-8-12(20)2-6-16(11)27-18/h2,5-10,13,22H,3-4H2,1H3,(H,21,23). The topological polar surface area (TPSA) is 97.6 Å². The van der Waals surface area contributed by atoms with Crippen LogP contribution in [-0.4, -0.2) is 27.5 Å². The van der Waals surface area contributed by atoms with Gasteiger partial charge in [-0.2, -0.15) is 0 Å². The third kappa shape index (κ3) is 3.84. The molecule has 146 valence electrons. The second-order valence-electron chi connectivity index (χ2n) is 6.50. The first-order valence-electron chi connectivity index (χ1n) is 8.56. The van der Waals surface area contributed by atoms with E-state index in [0.29, 0.717) is 21.7 Å². The Morgan fingerprint density at radius 2 is 1.96 bits per heavy atom. The van der Waals surface area contributed by atoms with Crippen LogP contribution in [0.15, 0.2) is 51.8 Å². The third-order valence-electron chi connectivity index (χ3n) is 4.33. The zero-order chi connectivity index (χ0) is 19.9. The zero-order valence-electron chi connectivity index (χ0n) is 14.9. The van der Waals surface area contributed by atoms with Crippen LogP contribution < -0.4 is 14.8 Å². The number of ether oxygens (including phenoxy) is 1. The van der Waals surface area contributed by atoms with Crippen molar-refractivity contribution in [2.75, 3.05) is 12.4 Å². The summed E-state index contributed by atoms with van der Waals surface area (Å²) in [4.78, 5) is 12.7. The average Bonchev–Trinajstić information content (AvgIpc) is 3.35. The highest BCUT2D eigenvalue weighted by atomic mass is 35.5. The van der Waals surface area contributed by atoms with Crippen LogP contribution in [0.5, 0.6) is 5.75 Å². The van der Waals surface area contributed by atoms with E-state index in [4.69, 9.17) is 20.8 Å². The smallest absolute Gasteiger partial charge is 0.291 e. The monoisotopic (exact) mass is 420 g/mol. The number of hydrogen-bond acceptors (Lipinski definition) is 5. The number of furan rings is 1. The number of rotatable bonds is 6. The molecule has 1 saturated carbocycles. The quantitative estimate of drug-likeness (QED) is 0.632. The molecule has 1 aliphatic rings. The molecule has 0 unspecified atom stereocenters. The number of carbonyl (C=O) groups is 1. The van der Waals surface area contributed by atoms with Crippen molar-refractivity contribution in [2.45, 2.75) is 23.8 Å². The predicted octanol–water partition coefficient (Wildman–Crippen LogP) is 3.79. The van der Waals surface area contributed by atoms with Crippen molar-refractivity contribution < 1.29 is 22.4 Å². The predicted molar refractivity (Wildman–Crippen MR) is 106 cm³/mol. The van der Waals surface area contributed by atoms with E-state index >= 15 is 0 Å². The first-order valence-corrected chi connectivity index (χ1v) is 10.4. The first-order chi connectivity index (χ1) is 13.4. The molecule has 2 aromatic carbocycles. The molecule has 1 aromatic heterocycles. The molecule has 1 amide bonds. The van der Waals surface area contributed by atoms with Gasteiger partial charge in [-0.15, -0.1) is 0 Å². The lowest BCUT2D eigenvalue weighted by molar-refractivity contribution is 0.0998. The molecule has 4 rings (SSSR count). The van der Waals surface area contributed by atoms with E-state index < -0.39 is 15.9 Å². The minimum Gasteiger partial charge on any atom is -0.495 e. The summed E-state index contributed by atoms with van der Waals surface area (Å²) >= 11 is 5.96. The molecule has 0 aliphatic heterocycles. The number of amides is 1. The van der Waals surface area contributed by atoms with Crippen LogP contribution in [0.1, 0.15) is 23.4 Å². The highest BCUT2D eigenvalue weighted by Gasteiger charge is 2.28. The molecule has 2 N–H and O–H groups in total. The van der Waals surface area contributed by atoms with E-state index in [0.717, 1.165) is 12.8 Å². The molecular weight excluding hydrogens is 404 g/mol. The van der Waals surface area contributed by atoms with E-state index in [9.17, 15) is 13.2 Å². The number of halogens is 1. The molecular formula is C19H17ClN2O5S. The van der Waals surface area contributed by atoms with Crippen LogP contribution in [0.25, 0.3) is 11.0 Å². The lowest BCUT2D eigenvalue weighted by atomic mass is 10.2. The summed E-state index contributed by atoms with van der Waals surface area (Å²) in [6.07, 6.45) is 1.66. The summed E-state index contributed by atoms with van der Waals surface area (Å²) in [6.45, 7) is 0. The van der Waals surface area contributed by atoms with Gasteiger partial charge in [-0.1, -0.05) is 11.6 Å². The van der Waals surface area contributed by atoms with Gasteiger partial charge >= 0.3 is 0 Å². The fourth-order valence-electron chi connectivity index (χ4n) is 2.75. The van der Waals surface area contributed by atoms with Crippen LogP contribution in [0.3, 0.4) is 0 Å². The second kappa shape index (κ2) is 7.12. The van der Waals surface area contributed by atoms with Gasteiger partial charge in [0.05, 0.1) is 17.7 Å². The van der Waals surface area contributed by atoms with Crippen molar-refractivity contribution in [3.8, 4) is 5.75 Å². The van der Waals surface area contributed by atoms with Crippen molar-refractivity contribution in [1.29, 1.82) is 0 Å². The third-order valence-corrected chi connectivity index (χ3v) is 6.08. The van der Waals surface area contributed by atoms with Gasteiger partial charge in [-0.25, -0.2) is 13.1 Å². The SMILES string of the molecule is COc1ccc(S(=O)(=O)NC2CC2)cc1NC(=O)c1cc2cc(Cl)ccc2o1. The number of carbonyl (C=O) groups excluding carboxylic acids is 1. The molecule has 9 heteroatoms. The largest absolute Gasteiger partial charge is 0.495 e. The van der Waals surface area contributed by atoms with E-state index in [1.54, 1.807) is 24.3 Å². The number of methoxy groups -OCH3 is 1. The fraction of sp³-hybridized carbons (Fsp3) is 0.211. The van der Waals surface area contributed by atoms with Crippen LogP contribution in [-0.2, 0) is 10.0 Å². The Labute approximate surface area is 166 Å². The first kappa shape index (κ1) is 18.8. The molecule has 1 fully saturated rings. The molecule has 28 heavy (non-hydrogen) atoms. The number of fused-ring (bicyclic) bond motifs is 1. The van der Waals surface area contributed by atoms with Gasteiger partial charge in [0, 0.05) is 16.5 Å². The van der Waals surface area contributed by atoms with Crippen molar-refractivity contribution >= 4 is 44.2 Å². The molecule has 0 saturated heterocycles. The van der Waals surface area contributed by atoms with E-state index in [1.165, 1.54) is 25.3 Å². The molecule has 3 aromatic rings. The Bertz CT molecular complexity index is 1170. The summed E-state index contributed by atoms with van der Waals surface area (Å²) in [5.74, 6) is -0.128. The zero-order valence-corrected chi connectivity index (χ0v) is 16.4. The van der Waals surface area contributed by atoms with Crippen LogP contribution in [0.4, 0.5) is 5.69 Å². The van der Waals surface area contributed by atoms with E-state index in [2.05, 4.69) is 10.0 Å². The van der Waals surface area contributed by atoms with Gasteiger partial charge in [0.25, 0.3) is 5.91 Å². The maximum Gasteiger partial charge on any atom is 0.291 e. The summed E-state index contributed by atoms with van der Waals surface area (Å²) in [6, 6.07) is 10.9. The summed E-state index contributed by atoms with van der Waals surface area (Å²) in [5, 5.41) is 3.87. The average molecular weight is 421 g/mol. The lowest BCUT2D eigenvalue weighted by Crippen LogP contribution is -2.25. The van der Waals surface area contributed by atoms with Gasteiger partial charge in [-0.05, 0) is 55.3 Å². The maximum absolute atomic E-state index is 12.6. The summed E-state index contributed by atoms with van der Waals surface area (Å²) < 4.78 is 38.3. The summed E-state index contributed by atoms with van der Waals surface area (Å²) in [5.41, 5.74) is 0.746. The highest BCUT2D eigenvalue weighted by Crippen LogP contribution is 2.30. The Morgan fingerprint density at radius 1 is 1.18 bits per heavy atom. The van der Waals surface area contributed by atoms with E-state index in [-0.39, 0.29) is 22.4 Å². The van der Waals surface area contributed by atoms with Gasteiger partial charge in [0.1, 0.15) is 11.3 Å². The molecule has 1 aliphatic carbocycles. The van der Waals surface area contributed by atoms with Gasteiger partial charge < -0.3 is 14.5 Å². The minimum atomic E-state index is -3.67. The van der Waals surface area contributed by atoms with Crippen molar-refractivity contribution in [3.63, 3.8) is 0 Å². The Balaban J connectivity index is 1.63.